The Balaban J connectivity index is 2.22. The summed E-state index contributed by atoms with van der Waals surface area (Å²) in [4.78, 5) is 23.8. The lowest BCUT2D eigenvalue weighted by molar-refractivity contribution is -0.137. The quantitative estimate of drug-likeness (QED) is 0.773. The topological polar surface area (TPSA) is 66.4 Å². The molecule has 4 nitrogen and oxygen atoms in total. The molecule has 1 rings (SSSR count). The summed E-state index contributed by atoms with van der Waals surface area (Å²) in [7, 11) is 0. The van der Waals surface area contributed by atoms with Gasteiger partial charge < -0.3 is 10.4 Å². The van der Waals surface area contributed by atoms with Crippen molar-refractivity contribution in [2.45, 2.75) is 25.5 Å². The van der Waals surface area contributed by atoms with Crippen LogP contribution in [0, 0.1) is 5.92 Å². The van der Waals surface area contributed by atoms with Crippen molar-refractivity contribution in [1.29, 1.82) is 0 Å². The molecule has 0 radical (unpaired) electrons. The van der Waals surface area contributed by atoms with Gasteiger partial charge in [0.05, 0.1) is 5.75 Å². The molecule has 1 atom stereocenters. The lowest BCUT2D eigenvalue weighted by Gasteiger charge is -2.15. The highest BCUT2D eigenvalue weighted by molar-refractivity contribution is 8.01. The number of aliphatic carboxylic acids is 1. The molecule has 19 heavy (non-hydrogen) atoms. The van der Waals surface area contributed by atoms with Crippen LogP contribution in [0.3, 0.4) is 0 Å². The van der Waals surface area contributed by atoms with Crippen LogP contribution in [0.5, 0.6) is 0 Å². The summed E-state index contributed by atoms with van der Waals surface area (Å²) < 4.78 is 0. The Labute approximate surface area is 121 Å². The second kappa shape index (κ2) is 8.22. The summed E-state index contributed by atoms with van der Waals surface area (Å²) in [6.07, 6.45) is 0.820. The van der Waals surface area contributed by atoms with Crippen LogP contribution in [0.4, 0.5) is 0 Å². The molecule has 1 aromatic rings. The van der Waals surface area contributed by atoms with Crippen LogP contribution in [-0.2, 0) is 16.0 Å². The third-order valence-electron chi connectivity index (χ3n) is 2.52. The number of nitrogens with one attached hydrogen (secondary N) is 1. The Morgan fingerprint density at radius 3 is 2.74 bits per heavy atom. The van der Waals surface area contributed by atoms with Gasteiger partial charge in [0, 0.05) is 11.4 Å². The smallest absolute Gasteiger partial charge is 0.316 e. The van der Waals surface area contributed by atoms with Crippen LogP contribution >= 0.6 is 23.1 Å². The van der Waals surface area contributed by atoms with E-state index >= 15 is 0 Å². The molecule has 1 unspecified atom stereocenters. The monoisotopic (exact) mass is 301 g/mol. The number of thiophene rings is 1. The van der Waals surface area contributed by atoms with Crippen molar-refractivity contribution in [3.05, 3.63) is 22.4 Å². The van der Waals surface area contributed by atoms with Gasteiger partial charge in [-0.25, -0.2) is 0 Å². The summed E-state index contributed by atoms with van der Waals surface area (Å²) in [5.41, 5.74) is 0. The standard InChI is InChI=1S/C13H19NO3S2/c1-9(2)12(13(16)17)19-8-11(15)14-6-5-10-4-3-7-18-10/h3-4,7,9,12H,5-6,8H2,1-2H3,(H,14,15)(H,16,17). The first-order valence-corrected chi connectivity index (χ1v) is 8.07. The summed E-state index contributed by atoms with van der Waals surface area (Å²) in [6.45, 7) is 4.29. The van der Waals surface area contributed by atoms with Gasteiger partial charge in [0.25, 0.3) is 0 Å². The number of thioether (sulfide) groups is 1. The minimum Gasteiger partial charge on any atom is -0.480 e. The molecular weight excluding hydrogens is 282 g/mol. The molecule has 0 aliphatic rings. The van der Waals surface area contributed by atoms with E-state index in [1.807, 2.05) is 31.4 Å². The third kappa shape index (κ3) is 6.11. The fraction of sp³-hybridized carbons (Fsp3) is 0.538. The SMILES string of the molecule is CC(C)C(SCC(=O)NCCc1cccs1)C(=O)O. The summed E-state index contributed by atoms with van der Waals surface area (Å²) in [5, 5.41) is 13.3. The van der Waals surface area contributed by atoms with E-state index in [4.69, 9.17) is 5.11 Å². The van der Waals surface area contributed by atoms with E-state index in [-0.39, 0.29) is 17.6 Å². The first kappa shape index (κ1) is 16.0. The Morgan fingerprint density at radius 2 is 2.21 bits per heavy atom. The fourth-order valence-electron chi connectivity index (χ4n) is 1.55. The van der Waals surface area contributed by atoms with Gasteiger partial charge in [-0.3, -0.25) is 9.59 Å². The minimum atomic E-state index is -0.855. The van der Waals surface area contributed by atoms with Crippen LogP contribution in [-0.4, -0.2) is 34.5 Å². The van der Waals surface area contributed by atoms with Crippen molar-refractivity contribution in [3.63, 3.8) is 0 Å². The number of hydrogen-bond acceptors (Lipinski definition) is 4. The molecule has 0 fully saturated rings. The van der Waals surface area contributed by atoms with Crippen LogP contribution in [0.1, 0.15) is 18.7 Å². The predicted molar refractivity (Wildman–Crippen MR) is 79.8 cm³/mol. The maximum Gasteiger partial charge on any atom is 0.316 e. The van der Waals surface area contributed by atoms with E-state index in [0.717, 1.165) is 6.42 Å². The normalized spacial score (nSPS) is 12.4. The van der Waals surface area contributed by atoms with Crippen LogP contribution < -0.4 is 5.32 Å². The summed E-state index contributed by atoms with van der Waals surface area (Å²) >= 11 is 2.85. The molecule has 1 heterocycles. The first-order valence-electron chi connectivity index (χ1n) is 6.14. The van der Waals surface area contributed by atoms with E-state index in [1.54, 1.807) is 11.3 Å². The Hall–Kier alpha value is -1.01. The lowest BCUT2D eigenvalue weighted by Crippen LogP contribution is -2.30. The van der Waals surface area contributed by atoms with Gasteiger partial charge in [-0.15, -0.1) is 23.1 Å². The highest BCUT2D eigenvalue weighted by atomic mass is 32.2. The molecule has 1 amide bonds. The average molecular weight is 301 g/mol. The van der Waals surface area contributed by atoms with Gasteiger partial charge in [-0.2, -0.15) is 0 Å². The second-order valence-corrected chi connectivity index (χ2v) is 6.66. The van der Waals surface area contributed by atoms with Gasteiger partial charge in [-0.1, -0.05) is 19.9 Å². The van der Waals surface area contributed by atoms with E-state index in [1.165, 1.54) is 16.6 Å². The second-order valence-electron chi connectivity index (χ2n) is 4.49. The zero-order valence-electron chi connectivity index (χ0n) is 11.1. The Kier molecular flexibility index (Phi) is 6.94. The summed E-state index contributed by atoms with van der Waals surface area (Å²) in [5.74, 6) is -0.749. The molecule has 0 aromatic carbocycles. The lowest BCUT2D eigenvalue weighted by atomic mass is 10.1. The van der Waals surface area contributed by atoms with Gasteiger partial charge in [-0.05, 0) is 23.8 Å². The highest BCUT2D eigenvalue weighted by Crippen LogP contribution is 2.19. The van der Waals surface area contributed by atoms with Crippen LogP contribution in [0.2, 0.25) is 0 Å². The molecule has 106 valence electrons. The van der Waals surface area contributed by atoms with Gasteiger partial charge in [0.15, 0.2) is 0 Å². The van der Waals surface area contributed by atoms with Crippen molar-refractivity contribution >= 4 is 35.0 Å². The van der Waals surface area contributed by atoms with Crippen molar-refractivity contribution in [2.75, 3.05) is 12.3 Å². The average Bonchev–Trinajstić information content (AvgIpc) is 2.81. The molecule has 0 saturated carbocycles. The maximum absolute atomic E-state index is 11.6. The van der Waals surface area contributed by atoms with Crippen molar-refractivity contribution in [1.82, 2.24) is 5.32 Å². The number of carbonyl (C=O) groups excluding carboxylic acids is 1. The molecule has 0 aliphatic carbocycles. The molecule has 0 saturated heterocycles. The summed E-state index contributed by atoms with van der Waals surface area (Å²) in [6, 6.07) is 4.02. The molecule has 6 heteroatoms. The van der Waals surface area contributed by atoms with E-state index in [9.17, 15) is 9.59 Å². The zero-order valence-corrected chi connectivity index (χ0v) is 12.7. The van der Waals surface area contributed by atoms with E-state index < -0.39 is 11.2 Å². The number of carboxylic acids is 1. The van der Waals surface area contributed by atoms with Gasteiger partial charge >= 0.3 is 5.97 Å². The molecule has 1 aromatic heterocycles. The van der Waals surface area contributed by atoms with Crippen LogP contribution in [0.25, 0.3) is 0 Å². The number of amides is 1. The van der Waals surface area contributed by atoms with Crippen molar-refractivity contribution in [3.8, 4) is 0 Å². The first-order chi connectivity index (χ1) is 9.00. The molecule has 0 bridgehead atoms. The molecular formula is C13H19NO3S2. The van der Waals surface area contributed by atoms with Crippen molar-refractivity contribution < 1.29 is 14.7 Å². The largest absolute Gasteiger partial charge is 0.480 e. The zero-order chi connectivity index (χ0) is 14.3. The number of carboxylic acid groups (broad SMARTS) is 1. The van der Waals surface area contributed by atoms with Gasteiger partial charge in [0.2, 0.25) is 5.91 Å². The Morgan fingerprint density at radius 1 is 1.47 bits per heavy atom. The number of hydrogen-bond donors (Lipinski definition) is 2. The Bertz CT molecular complexity index is 404. The van der Waals surface area contributed by atoms with Crippen LogP contribution in [0.15, 0.2) is 17.5 Å². The third-order valence-corrected chi connectivity index (χ3v) is 4.99. The molecule has 0 spiro atoms. The molecule has 2 N–H and O–H groups in total. The number of carbonyl (C=O) groups is 2. The fourth-order valence-corrected chi connectivity index (χ4v) is 3.21. The van der Waals surface area contributed by atoms with E-state index in [2.05, 4.69) is 5.32 Å². The maximum atomic E-state index is 11.6. The van der Waals surface area contributed by atoms with Crippen molar-refractivity contribution in [2.24, 2.45) is 5.92 Å². The molecule has 0 aliphatic heterocycles. The van der Waals surface area contributed by atoms with E-state index in [0.29, 0.717) is 6.54 Å². The number of rotatable bonds is 8. The highest BCUT2D eigenvalue weighted by Gasteiger charge is 2.22. The minimum absolute atomic E-state index is 0.0152. The predicted octanol–water partition coefficient (Wildman–Crippen LogP) is 2.25. The van der Waals surface area contributed by atoms with Gasteiger partial charge in [0.1, 0.15) is 5.25 Å².